The zero-order valence-electron chi connectivity index (χ0n) is 38.7. The van der Waals surface area contributed by atoms with Crippen LogP contribution in [0.25, 0.3) is 99.5 Å². The van der Waals surface area contributed by atoms with E-state index >= 15 is 0 Å². The summed E-state index contributed by atoms with van der Waals surface area (Å²) in [5.41, 5.74) is 15.8. The molecular weight excluding hydrogens is 827 g/mol. The minimum Gasteiger partial charge on any atom is -0.307 e. The molecule has 9 aromatic carbocycles. The van der Waals surface area contributed by atoms with E-state index in [0.29, 0.717) is 11.1 Å². The van der Waals surface area contributed by atoms with Gasteiger partial charge in [-0.1, -0.05) is 158 Å². The number of benzene rings is 9. The van der Waals surface area contributed by atoms with Crippen molar-refractivity contribution >= 4 is 43.6 Å². The van der Waals surface area contributed by atoms with Gasteiger partial charge in [0.1, 0.15) is 12.1 Å². The largest absolute Gasteiger partial charge is 0.307 e. The molecule has 0 fully saturated rings. The Bertz CT molecular complexity index is 3660. The molecule has 11 aromatic rings. The van der Waals surface area contributed by atoms with E-state index in [-0.39, 0.29) is 0 Å². The van der Waals surface area contributed by atoms with Crippen molar-refractivity contribution in [2.24, 2.45) is 0 Å². The Hall–Kier alpha value is -8.48. The first-order valence-electron chi connectivity index (χ1n) is 23.3. The molecule has 0 radical (unpaired) electrons. The van der Waals surface area contributed by atoms with E-state index in [9.17, 15) is 10.5 Å². The predicted molar refractivity (Wildman–Crippen MR) is 280 cm³/mol. The number of hydrogen-bond donors (Lipinski definition) is 0. The fourth-order valence-corrected chi connectivity index (χ4v) is 11.4. The lowest BCUT2D eigenvalue weighted by atomic mass is 9.83. The fraction of sp³-hybridized carbons (Fsp3) is 0.111. The van der Waals surface area contributed by atoms with Crippen molar-refractivity contribution in [3.8, 4) is 68.0 Å². The van der Waals surface area contributed by atoms with Gasteiger partial charge < -0.3 is 9.13 Å². The van der Waals surface area contributed by atoms with Crippen LogP contribution in [0, 0.1) is 22.7 Å². The van der Waals surface area contributed by atoms with Crippen LogP contribution in [0.5, 0.6) is 0 Å². The summed E-state index contributed by atoms with van der Waals surface area (Å²) in [5, 5.41) is 28.0. The standard InChI is InChI=1S/C63H47N5/c1-62(2)58-59(63(3,4)66(62)5)61(68-55-33-29-45(41-20-12-7-13-21-41)35-51(55)49-31-27-47(37-57(49)68)43-24-16-9-17-25-43)53(39-65)52(38-64)60(58)67-54-32-28-44(40-18-10-6-11-19-40)34-50(54)48-30-26-46(36-56(48)67)42-22-14-8-15-23-42/h6-37H,1-5H3. The maximum absolute atomic E-state index is 11.9. The molecule has 0 bridgehead atoms. The second-order valence-electron chi connectivity index (χ2n) is 19.2. The van der Waals surface area contributed by atoms with Gasteiger partial charge in [0.05, 0.1) is 44.6 Å². The van der Waals surface area contributed by atoms with Gasteiger partial charge in [-0.2, -0.15) is 10.5 Å². The average Bonchev–Trinajstić information content (AvgIpc) is 3.93. The predicted octanol–water partition coefficient (Wildman–Crippen LogP) is 15.7. The zero-order chi connectivity index (χ0) is 46.5. The van der Waals surface area contributed by atoms with E-state index in [1.54, 1.807) is 0 Å². The van der Waals surface area contributed by atoms with Crippen LogP contribution >= 0.6 is 0 Å². The molecule has 3 heterocycles. The van der Waals surface area contributed by atoms with E-state index in [4.69, 9.17) is 0 Å². The molecule has 1 aliphatic heterocycles. The summed E-state index contributed by atoms with van der Waals surface area (Å²) in [5.74, 6) is 0. The Kier molecular flexibility index (Phi) is 9.22. The smallest absolute Gasteiger partial charge is 0.103 e. The molecule has 12 rings (SSSR count). The van der Waals surface area contributed by atoms with Crippen molar-refractivity contribution in [3.63, 3.8) is 0 Å². The Morgan fingerprint density at radius 2 is 0.647 bits per heavy atom. The Balaban J connectivity index is 1.25. The van der Waals surface area contributed by atoms with Crippen LogP contribution in [-0.4, -0.2) is 21.1 Å². The van der Waals surface area contributed by atoms with Crippen molar-refractivity contribution in [1.29, 1.82) is 10.5 Å². The lowest BCUT2D eigenvalue weighted by Crippen LogP contribution is -2.42. The monoisotopic (exact) mass is 873 g/mol. The highest BCUT2D eigenvalue weighted by atomic mass is 15.3. The molecule has 0 spiro atoms. The van der Waals surface area contributed by atoms with E-state index < -0.39 is 11.1 Å². The second-order valence-corrected chi connectivity index (χ2v) is 19.2. The Morgan fingerprint density at radius 3 is 0.971 bits per heavy atom. The summed E-state index contributed by atoms with van der Waals surface area (Å²) in [6.07, 6.45) is 0. The van der Waals surface area contributed by atoms with Gasteiger partial charge in [-0.05, 0) is 116 Å². The van der Waals surface area contributed by atoms with Gasteiger partial charge in [-0.3, -0.25) is 4.90 Å². The maximum atomic E-state index is 11.9. The molecule has 0 aliphatic carbocycles. The lowest BCUT2D eigenvalue weighted by Gasteiger charge is -2.38. The first-order valence-corrected chi connectivity index (χ1v) is 23.3. The van der Waals surface area contributed by atoms with Gasteiger partial charge in [0.25, 0.3) is 0 Å². The van der Waals surface area contributed by atoms with Crippen LogP contribution < -0.4 is 0 Å². The molecule has 0 saturated carbocycles. The first kappa shape index (κ1) is 41.0. The molecule has 5 heteroatoms. The number of fused-ring (bicyclic) bond motifs is 7. The number of rotatable bonds is 6. The lowest BCUT2D eigenvalue weighted by molar-refractivity contribution is 0.0730. The van der Waals surface area contributed by atoms with E-state index in [2.05, 4.69) is 231 Å². The Morgan fingerprint density at radius 1 is 0.338 bits per heavy atom. The van der Waals surface area contributed by atoms with E-state index in [0.717, 1.165) is 111 Å². The second kappa shape index (κ2) is 15.3. The molecule has 0 amide bonds. The minimum absolute atomic E-state index is 0.353. The summed E-state index contributed by atoms with van der Waals surface area (Å²) >= 11 is 0. The van der Waals surface area contributed by atoms with Crippen LogP contribution in [0.2, 0.25) is 0 Å². The molecule has 5 nitrogen and oxygen atoms in total. The third-order valence-corrected chi connectivity index (χ3v) is 15.0. The van der Waals surface area contributed by atoms with Gasteiger partial charge in [0.2, 0.25) is 0 Å². The van der Waals surface area contributed by atoms with Crippen molar-refractivity contribution in [3.05, 3.63) is 216 Å². The SMILES string of the molecule is CN1C(C)(C)c2c(-n3c4ccc(-c5ccccc5)cc4c4ccc(-c5ccccc5)cc43)c(C#N)c(C#N)c(-n3c4ccc(-c5ccccc5)cc4c4ccc(-c5ccccc5)cc43)c2C1(C)C. The molecule has 324 valence electrons. The molecule has 0 unspecified atom stereocenters. The highest BCUT2D eigenvalue weighted by Gasteiger charge is 2.52. The maximum Gasteiger partial charge on any atom is 0.103 e. The minimum atomic E-state index is -0.596. The fourth-order valence-electron chi connectivity index (χ4n) is 11.4. The number of aromatic nitrogens is 2. The van der Waals surface area contributed by atoms with Gasteiger partial charge in [0, 0.05) is 43.7 Å². The average molecular weight is 874 g/mol. The van der Waals surface area contributed by atoms with E-state index in [1.807, 2.05) is 24.3 Å². The topological polar surface area (TPSA) is 60.7 Å². The Labute approximate surface area is 396 Å². The summed E-state index contributed by atoms with van der Waals surface area (Å²) in [6, 6.07) is 74.0. The number of hydrogen-bond acceptors (Lipinski definition) is 3. The molecule has 1 aliphatic rings. The summed E-state index contributed by atoms with van der Waals surface area (Å²) in [6.45, 7) is 9.07. The van der Waals surface area contributed by atoms with Crippen molar-refractivity contribution in [2.75, 3.05) is 7.05 Å². The van der Waals surface area contributed by atoms with Crippen LogP contribution in [0.15, 0.2) is 194 Å². The zero-order valence-corrected chi connectivity index (χ0v) is 38.7. The van der Waals surface area contributed by atoms with Crippen molar-refractivity contribution < 1.29 is 0 Å². The van der Waals surface area contributed by atoms with Crippen LogP contribution in [0.3, 0.4) is 0 Å². The molecular formula is C63H47N5. The summed E-state index contributed by atoms with van der Waals surface area (Å²) < 4.78 is 4.60. The molecule has 2 aromatic heterocycles. The highest BCUT2D eigenvalue weighted by Crippen LogP contribution is 2.56. The van der Waals surface area contributed by atoms with Crippen LogP contribution in [0.1, 0.15) is 49.9 Å². The quantitative estimate of drug-likeness (QED) is 0.167. The van der Waals surface area contributed by atoms with Crippen molar-refractivity contribution in [2.45, 2.75) is 38.8 Å². The van der Waals surface area contributed by atoms with Gasteiger partial charge >= 0.3 is 0 Å². The number of nitrogens with zero attached hydrogens (tertiary/aromatic N) is 5. The van der Waals surface area contributed by atoms with E-state index in [1.165, 1.54) is 0 Å². The number of nitriles is 2. The molecule has 0 saturated heterocycles. The third-order valence-electron chi connectivity index (χ3n) is 15.0. The molecule has 68 heavy (non-hydrogen) atoms. The van der Waals surface area contributed by atoms with Crippen LogP contribution in [-0.2, 0) is 11.1 Å². The third kappa shape index (κ3) is 5.96. The summed E-state index contributed by atoms with van der Waals surface area (Å²) in [4.78, 5) is 2.42. The van der Waals surface area contributed by atoms with Gasteiger partial charge in [-0.25, -0.2) is 0 Å². The van der Waals surface area contributed by atoms with Crippen molar-refractivity contribution in [1.82, 2.24) is 14.0 Å². The van der Waals surface area contributed by atoms with Gasteiger partial charge in [-0.15, -0.1) is 0 Å². The normalized spacial score (nSPS) is 14.1. The summed E-state index contributed by atoms with van der Waals surface area (Å²) in [7, 11) is 2.18. The van der Waals surface area contributed by atoms with Gasteiger partial charge in [0.15, 0.2) is 0 Å². The molecule has 0 atom stereocenters. The highest BCUT2D eigenvalue weighted by molar-refractivity contribution is 6.13. The first-order chi connectivity index (χ1) is 33.1. The molecule has 0 N–H and O–H groups in total. The van der Waals surface area contributed by atoms with Crippen LogP contribution in [0.4, 0.5) is 0 Å².